The molecule has 2 aliphatic rings. The van der Waals surface area contributed by atoms with Gasteiger partial charge in [0.2, 0.25) is 11.4 Å². The van der Waals surface area contributed by atoms with E-state index in [1.807, 2.05) is 140 Å². The summed E-state index contributed by atoms with van der Waals surface area (Å²) in [6.07, 6.45) is -2.07. The summed E-state index contributed by atoms with van der Waals surface area (Å²) in [6.45, 7) is 3.16. The van der Waals surface area contributed by atoms with Gasteiger partial charge in [-0.05, 0) is 65.4 Å². The summed E-state index contributed by atoms with van der Waals surface area (Å²) in [6, 6.07) is 43.4. The quantitative estimate of drug-likeness (QED) is 0.107. The van der Waals surface area contributed by atoms with Crippen molar-refractivity contribution in [3.8, 4) is 5.75 Å². The zero-order chi connectivity index (χ0) is 37.5. The first kappa shape index (κ1) is 37.8. The van der Waals surface area contributed by atoms with Crippen molar-refractivity contribution < 1.29 is 33.2 Å². The number of ether oxygens (including phenoxy) is 6. The second-order valence-electron chi connectivity index (χ2n) is 13.9. The summed E-state index contributed by atoms with van der Waals surface area (Å²) in [5, 5.41) is 0.594. The van der Waals surface area contributed by atoms with E-state index in [1.165, 1.54) is 4.90 Å². The molecule has 0 unspecified atom stereocenters. The Kier molecular flexibility index (Phi) is 11.8. The largest absolute Gasteiger partial charge is 0.494 e. The lowest BCUT2D eigenvalue weighted by Crippen LogP contribution is -2.70. The number of carbonyl (C=O) groups is 1. The molecule has 2 fully saturated rings. The van der Waals surface area contributed by atoms with Gasteiger partial charge in [-0.25, -0.2) is 0 Å². The van der Waals surface area contributed by atoms with Crippen molar-refractivity contribution in [1.29, 1.82) is 0 Å². The molecular formula is C45H46ClNO7. The van der Waals surface area contributed by atoms with Gasteiger partial charge < -0.3 is 33.3 Å². The van der Waals surface area contributed by atoms with E-state index in [1.54, 1.807) is 14.1 Å². The number of hydrogen-bond donors (Lipinski definition) is 0. The van der Waals surface area contributed by atoms with Crippen LogP contribution in [0.5, 0.6) is 5.75 Å². The minimum Gasteiger partial charge on any atom is -0.494 e. The molecule has 0 aromatic heterocycles. The summed E-state index contributed by atoms with van der Waals surface area (Å²) in [7, 11) is 3.42. The van der Waals surface area contributed by atoms with Gasteiger partial charge in [-0.2, -0.15) is 0 Å². The van der Waals surface area contributed by atoms with Crippen LogP contribution in [0.15, 0.2) is 133 Å². The van der Waals surface area contributed by atoms with E-state index in [0.717, 1.165) is 33.6 Å². The first-order valence-corrected chi connectivity index (χ1v) is 18.7. The highest BCUT2D eigenvalue weighted by molar-refractivity contribution is 6.31. The Morgan fingerprint density at radius 3 is 1.83 bits per heavy atom. The average molecular weight is 748 g/mol. The zero-order valence-electron chi connectivity index (χ0n) is 30.9. The molecule has 8 nitrogen and oxygen atoms in total. The molecule has 0 N–H and O–H groups in total. The first-order valence-electron chi connectivity index (χ1n) is 18.3. The van der Waals surface area contributed by atoms with Crippen molar-refractivity contribution in [3.05, 3.63) is 172 Å². The van der Waals surface area contributed by atoms with Crippen LogP contribution in [-0.2, 0) is 60.5 Å². The van der Waals surface area contributed by atoms with Crippen LogP contribution in [-0.4, -0.2) is 62.0 Å². The zero-order valence-corrected chi connectivity index (χ0v) is 31.6. The monoisotopic (exact) mass is 747 g/mol. The highest BCUT2D eigenvalue weighted by Crippen LogP contribution is 2.54. The van der Waals surface area contributed by atoms with E-state index in [-0.39, 0.29) is 32.3 Å². The number of hydrogen-bond acceptors (Lipinski definition) is 7. The predicted molar refractivity (Wildman–Crippen MR) is 207 cm³/mol. The Bertz CT molecular complexity index is 1980. The van der Waals surface area contributed by atoms with E-state index in [2.05, 4.69) is 0 Å². The molecule has 7 rings (SSSR count). The number of halogens is 1. The molecule has 2 heterocycles. The third-order valence-corrected chi connectivity index (χ3v) is 10.3. The van der Waals surface area contributed by atoms with Gasteiger partial charge in [0.25, 0.3) is 5.91 Å². The number of fused-ring (bicyclic) bond motifs is 2. The van der Waals surface area contributed by atoms with E-state index < -0.39 is 29.7 Å². The van der Waals surface area contributed by atoms with Gasteiger partial charge in [0.1, 0.15) is 24.1 Å². The number of benzene rings is 5. The number of rotatable bonds is 15. The first-order chi connectivity index (χ1) is 26.3. The van der Waals surface area contributed by atoms with Crippen molar-refractivity contribution in [2.75, 3.05) is 27.3 Å². The lowest BCUT2D eigenvalue weighted by molar-refractivity contribution is -0.344. The van der Waals surface area contributed by atoms with Gasteiger partial charge in [-0.15, -0.1) is 0 Å². The topological polar surface area (TPSA) is 75.7 Å². The summed E-state index contributed by atoms with van der Waals surface area (Å²) in [4.78, 5) is 16.1. The van der Waals surface area contributed by atoms with Gasteiger partial charge >= 0.3 is 0 Å². The third kappa shape index (κ3) is 7.96. The van der Waals surface area contributed by atoms with E-state index in [9.17, 15) is 4.79 Å². The number of nitrogens with zero attached hydrogens (tertiary/aromatic N) is 1. The van der Waals surface area contributed by atoms with E-state index in [0.29, 0.717) is 23.6 Å². The molecule has 0 radical (unpaired) electrons. The maximum atomic E-state index is 14.5. The Labute approximate surface area is 322 Å². The van der Waals surface area contributed by atoms with E-state index >= 15 is 0 Å². The van der Waals surface area contributed by atoms with Crippen LogP contribution < -0.4 is 4.74 Å². The summed E-state index contributed by atoms with van der Waals surface area (Å²) < 4.78 is 40.3. The second kappa shape index (κ2) is 16.9. The molecule has 54 heavy (non-hydrogen) atoms. The Balaban J connectivity index is 1.34. The van der Waals surface area contributed by atoms with Crippen molar-refractivity contribution in [2.24, 2.45) is 0 Å². The van der Waals surface area contributed by atoms with Gasteiger partial charge in [-0.3, -0.25) is 4.79 Å². The molecule has 2 saturated heterocycles. The van der Waals surface area contributed by atoms with Gasteiger partial charge in [0, 0.05) is 24.7 Å². The fraction of sp³-hybridized carbons (Fsp3) is 0.311. The Morgan fingerprint density at radius 2 is 1.28 bits per heavy atom. The van der Waals surface area contributed by atoms with Crippen molar-refractivity contribution in [1.82, 2.24) is 4.90 Å². The third-order valence-electron chi connectivity index (χ3n) is 9.94. The van der Waals surface area contributed by atoms with Crippen molar-refractivity contribution >= 4 is 17.5 Å². The van der Waals surface area contributed by atoms with E-state index in [4.69, 9.17) is 40.0 Å². The smallest absolute Gasteiger partial charge is 0.259 e. The standard InChI is InChI=1S/C45H46ClNO7/c1-4-49-38-23-20-32(21-24-38)26-36-27-37(22-25-39(36)46)45-42(52-30-35-18-12-7-13-19-35)40(50-28-33-14-8-5-9-15-33)41(51-29-34-16-10-6-11-17-34)44(54-45,31-53-45)43(48)47(2)3/h5-25,27,40-42H,4,26,28-31H2,1-3H3/t40-,41-,42+,44-,45-/m0/s1. The summed E-state index contributed by atoms with van der Waals surface area (Å²) >= 11 is 6.89. The predicted octanol–water partition coefficient (Wildman–Crippen LogP) is 8.13. The highest BCUT2D eigenvalue weighted by Gasteiger charge is 2.72. The number of carbonyl (C=O) groups excluding carboxylic acids is 1. The van der Waals surface area contributed by atoms with Gasteiger partial charge in [0.15, 0.2) is 0 Å². The minimum absolute atomic E-state index is 0.0866. The molecule has 9 heteroatoms. The molecule has 280 valence electrons. The number of likely N-dealkylation sites (N-methyl/N-ethyl adjacent to an activating group) is 1. The van der Waals surface area contributed by atoms with Crippen LogP contribution in [0.3, 0.4) is 0 Å². The Hall–Kier alpha value is -4.54. The molecule has 5 aromatic rings. The van der Waals surface area contributed by atoms with Crippen LogP contribution in [0.25, 0.3) is 0 Å². The van der Waals surface area contributed by atoms with Crippen LogP contribution in [0.1, 0.15) is 40.3 Å². The fourth-order valence-corrected chi connectivity index (χ4v) is 7.47. The van der Waals surface area contributed by atoms with Crippen LogP contribution in [0, 0.1) is 0 Å². The molecule has 1 amide bonds. The van der Waals surface area contributed by atoms with Crippen LogP contribution in [0.2, 0.25) is 5.02 Å². The second-order valence-corrected chi connectivity index (χ2v) is 14.3. The SMILES string of the molecule is CCOc1ccc(Cc2cc([C@]34OC[C@](C(=O)N(C)C)(O3)[C@@H](OCc3ccccc3)[C@H](OCc3ccccc3)[C@H]4OCc3ccccc3)ccc2Cl)cc1. The van der Waals surface area contributed by atoms with Crippen molar-refractivity contribution in [2.45, 2.75) is 62.9 Å². The molecule has 0 saturated carbocycles. The maximum Gasteiger partial charge on any atom is 0.259 e. The van der Waals surface area contributed by atoms with Gasteiger partial charge in [0.05, 0.1) is 33.0 Å². The Morgan fingerprint density at radius 1 is 0.722 bits per heavy atom. The number of amides is 1. The molecule has 5 atom stereocenters. The lowest BCUT2D eigenvalue weighted by atomic mass is 9.81. The molecule has 2 bridgehead atoms. The summed E-state index contributed by atoms with van der Waals surface area (Å²) in [5.74, 6) is -1.05. The fourth-order valence-electron chi connectivity index (χ4n) is 7.29. The normalized spacial score (nSPS) is 23.2. The van der Waals surface area contributed by atoms with Crippen LogP contribution >= 0.6 is 11.6 Å². The summed E-state index contributed by atoms with van der Waals surface area (Å²) in [5.41, 5.74) is 3.88. The molecule has 5 aromatic carbocycles. The minimum atomic E-state index is -1.57. The molecule has 2 aliphatic heterocycles. The average Bonchev–Trinajstić information content (AvgIpc) is 3.57. The lowest BCUT2D eigenvalue weighted by Gasteiger charge is -2.50. The molecule has 0 spiro atoms. The van der Waals surface area contributed by atoms with Crippen molar-refractivity contribution in [3.63, 3.8) is 0 Å². The molecule has 0 aliphatic carbocycles. The highest BCUT2D eigenvalue weighted by atomic mass is 35.5. The van der Waals surface area contributed by atoms with Crippen LogP contribution in [0.4, 0.5) is 0 Å². The van der Waals surface area contributed by atoms with Gasteiger partial charge in [-0.1, -0.05) is 121 Å². The maximum absolute atomic E-state index is 14.5. The molecular weight excluding hydrogens is 702 g/mol.